The third kappa shape index (κ3) is 2.46. The van der Waals surface area contributed by atoms with Crippen molar-refractivity contribution in [1.82, 2.24) is 4.90 Å². The van der Waals surface area contributed by atoms with Crippen molar-refractivity contribution in [1.29, 1.82) is 0 Å². The van der Waals surface area contributed by atoms with Crippen molar-refractivity contribution < 1.29 is 24.5 Å². The van der Waals surface area contributed by atoms with Gasteiger partial charge >= 0.3 is 5.97 Å². The molecule has 0 aromatic carbocycles. The maximum absolute atomic E-state index is 12.8. The van der Waals surface area contributed by atoms with Crippen LogP contribution in [-0.2, 0) is 14.3 Å². The number of fused-ring (bicyclic) bond motifs is 2. The summed E-state index contributed by atoms with van der Waals surface area (Å²) in [5.74, 6) is -2.05. The standard InChI is InChI=1S/C15H21NO5/c1-8-5-16(6-11(7-17)21-8)14(18)12-9-2-3-10(4-9)13(12)15(19)20/h2-3,8-13,17H,4-7H2,1H3,(H,19,20)/t8?,9?,10?,11?,12-,13+/m0/s1. The predicted octanol–water partition coefficient (Wildman–Crippen LogP) is 0.117. The number of ether oxygens (including phenoxy) is 1. The number of hydrogen-bond acceptors (Lipinski definition) is 4. The van der Waals surface area contributed by atoms with Crippen LogP contribution in [0, 0.1) is 23.7 Å². The Balaban J connectivity index is 1.78. The molecule has 3 aliphatic rings. The highest BCUT2D eigenvalue weighted by Crippen LogP contribution is 2.48. The summed E-state index contributed by atoms with van der Waals surface area (Å²) in [6.07, 6.45) is 4.16. The second-order valence-corrected chi connectivity index (χ2v) is 6.33. The zero-order chi connectivity index (χ0) is 15.1. The molecule has 2 N–H and O–H groups in total. The lowest BCUT2D eigenvalue weighted by atomic mass is 9.82. The third-order valence-corrected chi connectivity index (χ3v) is 4.87. The van der Waals surface area contributed by atoms with E-state index in [-0.39, 0.29) is 36.6 Å². The Morgan fingerprint density at radius 3 is 2.52 bits per heavy atom. The van der Waals surface area contributed by atoms with Gasteiger partial charge < -0.3 is 19.8 Å². The van der Waals surface area contributed by atoms with Gasteiger partial charge in [-0.1, -0.05) is 12.2 Å². The van der Waals surface area contributed by atoms with Gasteiger partial charge in [0.1, 0.15) is 0 Å². The fourth-order valence-electron chi connectivity index (χ4n) is 4.03. The molecule has 116 valence electrons. The molecule has 3 rings (SSSR count). The highest BCUT2D eigenvalue weighted by molar-refractivity contribution is 5.87. The Labute approximate surface area is 123 Å². The van der Waals surface area contributed by atoms with Gasteiger partial charge in [0.15, 0.2) is 0 Å². The summed E-state index contributed by atoms with van der Waals surface area (Å²) in [5.41, 5.74) is 0. The van der Waals surface area contributed by atoms with E-state index in [1.807, 2.05) is 19.1 Å². The molecule has 2 aliphatic carbocycles. The Morgan fingerprint density at radius 2 is 1.90 bits per heavy atom. The van der Waals surface area contributed by atoms with Crippen LogP contribution in [0.1, 0.15) is 13.3 Å². The van der Waals surface area contributed by atoms with Crippen molar-refractivity contribution in [2.45, 2.75) is 25.6 Å². The summed E-state index contributed by atoms with van der Waals surface area (Å²) >= 11 is 0. The molecule has 1 amide bonds. The molecule has 1 saturated carbocycles. The molecule has 6 nitrogen and oxygen atoms in total. The highest BCUT2D eigenvalue weighted by atomic mass is 16.5. The summed E-state index contributed by atoms with van der Waals surface area (Å²) in [6.45, 7) is 2.52. The van der Waals surface area contributed by atoms with Crippen LogP contribution in [0.4, 0.5) is 0 Å². The smallest absolute Gasteiger partial charge is 0.307 e. The van der Waals surface area contributed by atoms with Crippen molar-refractivity contribution in [2.24, 2.45) is 23.7 Å². The fourth-order valence-corrected chi connectivity index (χ4v) is 4.03. The highest BCUT2D eigenvalue weighted by Gasteiger charge is 2.53. The fraction of sp³-hybridized carbons (Fsp3) is 0.733. The maximum Gasteiger partial charge on any atom is 0.307 e. The molecule has 2 bridgehead atoms. The summed E-state index contributed by atoms with van der Waals surface area (Å²) in [5, 5.41) is 18.7. The van der Waals surface area contributed by atoms with Gasteiger partial charge in [-0.25, -0.2) is 0 Å². The molecule has 0 spiro atoms. The lowest BCUT2D eigenvalue weighted by Gasteiger charge is -2.39. The van der Waals surface area contributed by atoms with E-state index in [2.05, 4.69) is 0 Å². The maximum atomic E-state index is 12.8. The van der Waals surface area contributed by atoms with Gasteiger partial charge in [-0.3, -0.25) is 9.59 Å². The summed E-state index contributed by atoms with van der Waals surface area (Å²) < 4.78 is 5.54. The van der Waals surface area contributed by atoms with Crippen LogP contribution >= 0.6 is 0 Å². The Kier molecular flexibility index (Phi) is 3.75. The first-order valence-electron chi connectivity index (χ1n) is 7.47. The number of carbonyl (C=O) groups excluding carboxylic acids is 1. The number of carboxylic acid groups (broad SMARTS) is 1. The summed E-state index contributed by atoms with van der Waals surface area (Å²) in [7, 11) is 0. The molecule has 2 fully saturated rings. The first kappa shape index (κ1) is 14.5. The number of aliphatic hydroxyl groups excluding tert-OH is 1. The Bertz CT molecular complexity index is 477. The molecule has 0 radical (unpaired) electrons. The van der Waals surface area contributed by atoms with E-state index in [4.69, 9.17) is 4.74 Å². The zero-order valence-electron chi connectivity index (χ0n) is 12.0. The van der Waals surface area contributed by atoms with Crippen molar-refractivity contribution >= 4 is 11.9 Å². The SMILES string of the molecule is CC1CN(C(=O)[C@H]2C3C=CC(C3)[C@H]2C(=O)O)CC(CO)O1. The van der Waals surface area contributed by atoms with Gasteiger partial charge in [0.25, 0.3) is 0 Å². The second kappa shape index (κ2) is 5.42. The van der Waals surface area contributed by atoms with Gasteiger partial charge in [0.05, 0.1) is 30.7 Å². The number of allylic oxidation sites excluding steroid dienone is 2. The monoisotopic (exact) mass is 295 g/mol. The van der Waals surface area contributed by atoms with Crippen molar-refractivity contribution in [3.63, 3.8) is 0 Å². The van der Waals surface area contributed by atoms with E-state index in [1.54, 1.807) is 4.90 Å². The molecule has 1 saturated heterocycles. The molecule has 4 unspecified atom stereocenters. The van der Waals surface area contributed by atoms with Gasteiger partial charge in [0.2, 0.25) is 5.91 Å². The van der Waals surface area contributed by atoms with Crippen LogP contribution < -0.4 is 0 Å². The second-order valence-electron chi connectivity index (χ2n) is 6.33. The average molecular weight is 295 g/mol. The minimum atomic E-state index is -0.884. The van der Waals surface area contributed by atoms with Crippen LogP contribution in [-0.4, -0.2) is 58.9 Å². The number of hydrogen-bond donors (Lipinski definition) is 2. The van der Waals surface area contributed by atoms with Gasteiger partial charge in [-0.05, 0) is 25.2 Å². The Morgan fingerprint density at radius 1 is 1.24 bits per heavy atom. The number of amides is 1. The molecule has 6 heteroatoms. The average Bonchev–Trinajstić information content (AvgIpc) is 3.06. The molecular weight excluding hydrogens is 274 g/mol. The van der Waals surface area contributed by atoms with E-state index in [9.17, 15) is 19.8 Å². The minimum absolute atomic E-state index is 0.0199. The minimum Gasteiger partial charge on any atom is -0.481 e. The number of nitrogens with zero attached hydrogens (tertiary/aromatic N) is 1. The van der Waals surface area contributed by atoms with E-state index in [0.29, 0.717) is 13.1 Å². The largest absolute Gasteiger partial charge is 0.481 e. The van der Waals surface area contributed by atoms with Crippen LogP contribution in [0.25, 0.3) is 0 Å². The van der Waals surface area contributed by atoms with Crippen molar-refractivity contribution in [2.75, 3.05) is 19.7 Å². The summed E-state index contributed by atoms with van der Waals surface area (Å²) in [4.78, 5) is 26.0. The van der Waals surface area contributed by atoms with Crippen LogP contribution in [0.2, 0.25) is 0 Å². The van der Waals surface area contributed by atoms with Crippen LogP contribution in [0.5, 0.6) is 0 Å². The van der Waals surface area contributed by atoms with Gasteiger partial charge in [-0.2, -0.15) is 0 Å². The molecular formula is C15H21NO5. The zero-order valence-corrected chi connectivity index (χ0v) is 12.0. The molecule has 1 aliphatic heterocycles. The molecule has 0 aromatic rings. The van der Waals surface area contributed by atoms with E-state index in [0.717, 1.165) is 6.42 Å². The van der Waals surface area contributed by atoms with Crippen molar-refractivity contribution in [3.8, 4) is 0 Å². The first-order valence-corrected chi connectivity index (χ1v) is 7.47. The molecule has 0 aromatic heterocycles. The lowest BCUT2D eigenvalue weighted by molar-refractivity contribution is -0.158. The predicted molar refractivity (Wildman–Crippen MR) is 73.4 cm³/mol. The van der Waals surface area contributed by atoms with Gasteiger partial charge in [0, 0.05) is 13.1 Å². The summed E-state index contributed by atoms with van der Waals surface area (Å²) in [6, 6.07) is 0. The molecule has 1 heterocycles. The van der Waals surface area contributed by atoms with Crippen molar-refractivity contribution in [3.05, 3.63) is 12.2 Å². The van der Waals surface area contributed by atoms with E-state index < -0.39 is 17.8 Å². The number of aliphatic hydroxyl groups is 1. The lowest BCUT2D eigenvalue weighted by Crippen LogP contribution is -2.53. The normalized spacial score (nSPS) is 41.5. The molecule has 21 heavy (non-hydrogen) atoms. The van der Waals surface area contributed by atoms with Crippen LogP contribution in [0.3, 0.4) is 0 Å². The number of aliphatic carboxylic acids is 1. The number of morpholine rings is 1. The molecule has 6 atom stereocenters. The van der Waals surface area contributed by atoms with Crippen LogP contribution in [0.15, 0.2) is 12.2 Å². The Hall–Kier alpha value is -1.40. The third-order valence-electron chi connectivity index (χ3n) is 4.87. The van der Waals surface area contributed by atoms with E-state index in [1.165, 1.54) is 0 Å². The first-order chi connectivity index (χ1) is 10.0. The van der Waals surface area contributed by atoms with E-state index >= 15 is 0 Å². The number of carboxylic acids is 1. The number of carbonyl (C=O) groups is 2. The topological polar surface area (TPSA) is 87.1 Å². The van der Waals surface area contributed by atoms with Gasteiger partial charge in [-0.15, -0.1) is 0 Å². The number of rotatable bonds is 3. The quantitative estimate of drug-likeness (QED) is 0.722.